The van der Waals surface area contributed by atoms with Crippen molar-refractivity contribution in [2.45, 2.75) is 33.1 Å². The average molecular weight is 366 g/mol. The topological polar surface area (TPSA) is 72.3 Å². The first-order valence-electron chi connectivity index (χ1n) is 8.97. The third-order valence-corrected chi connectivity index (χ3v) is 4.38. The monoisotopic (exact) mass is 366 g/mol. The smallest absolute Gasteiger partial charge is 0.307 e. The second kappa shape index (κ2) is 9.67. The quantitative estimate of drug-likeness (QED) is 0.645. The normalized spacial score (nSPS) is 20.6. The van der Waals surface area contributed by atoms with Crippen molar-refractivity contribution in [1.29, 1.82) is 0 Å². The molecule has 1 aromatic heterocycles. The van der Waals surface area contributed by atoms with E-state index in [-0.39, 0.29) is 11.8 Å². The second-order valence-electron chi connectivity index (χ2n) is 6.40. The molecule has 2 unspecified atom stereocenters. The van der Waals surface area contributed by atoms with Gasteiger partial charge in [-0.15, -0.1) is 0 Å². The summed E-state index contributed by atoms with van der Waals surface area (Å²) in [5.41, 5.74) is 3.93. The molecule has 0 saturated heterocycles. The number of aromatic nitrogens is 2. The largest absolute Gasteiger partial charge is 0.481 e. The van der Waals surface area contributed by atoms with Crippen LogP contribution < -0.4 is 4.74 Å². The number of hydrogen-bond acceptors (Lipinski definition) is 4. The Bertz CT molecular complexity index is 801. The Morgan fingerprint density at radius 3 is 2.67 bits per heavy atom. The zero-order valence-electron chi connectivity index (χ0n) is 16.1. The fourth-order valence-electron chi connectivity index (χ4n) is 2.79. The van der Waals surface area contributed by atoms with Crippen LogP contribution in [-0.2, 0) is 4.79 Å². The number of nitrogens with zero attached hydrogens (tertiary/aromatic N) is 2. The van der Waals surface area contributed by atoms with Crippen LogP contribution in [-0.4, -0.2) is 27.7 Å². The van der Waals surface area contributed by atoms with Crippen molar-refractivity contribution in [2.24, 2.45) is 5.92 Å². The van der Waals surface area contributed by atoms with E-state index in [4.69, 9.17) is 9.84 Å². The second-order valence-corrected chi connectivity index (χ2v) is 6.40. The van der Waals surface area contributed by atoms with Crippen LogP contribution in [0, 0.1) is 5.92 Å². The van der Waals surface area contributed by atoms with E-state index in [0.717, 1.165) is 16.7 Å². The van der Waals surface area contributed by atoms with E-state index in [9.17, 15) is 4.79 Å². The maximum absolute atomic E-state index is 11.0. The maximum atomic E-state index is 11.0. The minimum atomic E-state index is -0.774. The van der Waals surface area contributed by atoms with Gasteiger partial charge in [-0.25, -0.2) is 4.98 Å². The van der Waals surface area contributed by atoms with Gasteiger partial charge in [0.25, 0.3) is 0 Å². The molecule has 0 aromatic carbocycles. The molecule has 1 saturated carbocycles. The van der Waals surface area contributed by atoms with E-state index in [1.165, 1.54) is 0 Å². The van der Waals surface area contributed by atoms with E-state index in [2.05, 4.69) is 22.6 Å². The lowest BCUT2D eigenvalue weighted by Gasteiger charge is -2.09. The van der Waals surface area contributed by atoms with Crippen LogP contribution in [0.4, 0.5) is 0 Å². The Hall–Kier alpha value is -2.95. The van der Waals surface area contributed by atoms with Gasteiger partial charge < -0.3 is 9.84 Å². The summed E-state index contributed by atoms with van der Waals surface area (Å²) < 4.78 is 5.76. The predicted molar refractivity (Wildman–Crippen MR) is 107 cm³/mol. The van der Waals surface area contributed by atoms with Gasteiger partial charge in [-0.3, -0.25) is 9.78 Å². The molecule has 2 atom stereocenters. The third-order valence-electron chi connectivity index (χ3n) is 4.38. The van der Waals surface area contributed by atoms with Crippen molar-refractivity contribution < 1.29 is 14.6 Å². The first-order chi connectivity index (χ1) is 13.0. The molecule has 5 heteroatoms. The predicted octanol–water partition coefficient (Wildman–Crippen LogP) is 4.62. The highest BCUT2D eigenvalue weighted by Crippen LogP contribution is 2.46. The minimum absolute atomic E-state index is 0.0283. The van der Waals surface area contributed by atoms with Crippen LogP contribution in [0.15, 0.2) is 72.1 Å². The molecule has 2 rings (SSSR count). The summed E-state index contributed by atoms with van der Waals surface area (Å²) in [6.07, 6.45) is 15.6. The lowest BCUT2D eigenvalue weighted by atomic mass is 10.0. The Labute approximate surface area is 160 Å². The summed E-state index contributed by atoms with van der Waals surface area (Å²) in [7, 11) is 0. The maximum Gasteiger partial charge on any atom is 0.307 e. The highest BCUT2D eigenvalue weighted by molar-refractivity contribution is 5.75. The third kappa shape index (κ3) is 5.78. The Morgan fingerprint density at radius 1 is 1.37 bits per heavy atom. The Morgan fingerprint density at radius 2 is 2.15 bits per heavy atom. The summed E-state index contributed by atoms with van der Waals surface area (Å²) in [5.74, 6) is -0.716. The summed E-state index contributed by atoms with van der Waals surface area (Å²) in [4.78, 5) is 19.5. The average Bonchev–Trinajstić information content (AvgIpc) is 3.45. The van der Waals surface area contributed by atoms with Crippen LogP contribution in [0.25, 0.3) is 0 Å². The van der Waals surface area contributed by atoms with Gasteiger partial charge >= 0.3 is 5.97 Å². The number of aliphatic carboxylic acids is 1. The molecule has 0 bridgehead atoms. The van der Waals surface area contributed by atoms with Crippen LogP contribution >= 0.6 is 0 Å². The number of ether oxygens (including phenoxy) is 1. The van der Waals surface area contributed by atoms with E-state index < -0.39 is 5.97 Å². The van der Waals surface area contributed by atoms with Crippen molar-refractivity contribution in [3.63, 3.8) is 0 Å². The SMILES string of the molecule is C=C/C=C(C)/C(/C=C(\C=C/C)COc1cnc(C2CC2C(=O)O)cn1)=C/C. The number of hydrogen-bond donors (Lipinski definition) is 1. The molecule has 1 N–H and O–H groups in total. The molecule has 1 aliphatic carbocycles. The standard InChI is InChI=1S/C22H26N2O3/c1-5-8-15(4)17(7-3)10-16(9-6-2)14-27-21-13-23-20(12-24-21)18-11-19(18)22(25)26/h5-10,12-13,18-19H,1,11,14H2,2-4H3,(H,25,26)/b9-6-,15-8+,16-10+,17-7+. The highest BCUT2D eigenvalue weighted by Gasteiger charge is 2.45. The van der Waals surface area contributed by atoms with Gasteiger partial charge in [-0.2, -0.15) is 0 Å². The summed E-state index contributed by atoms with van der Waals surface area (Å²) in [6.45, 7) is 10.1. The molecule has 1 fully saturated rings. The van der Waals surface area contributed by atoms with Gasteiger partial charge in [0.15, 0.2) is 0 Å². The van der Waals surface area contributed by atoms with Gasteiger partial charge in [0.1, 0.15) is 6.61 Å². The molecule has 0 spiro atoms. The molecule has 1 aromatic rings. The van der Waals surface area contributed by atoms with E-state index in [1.807, 2.05) is 45.1 Å². The molecular weight excluding hydrogens is 340 g/mol. The number of carbonyl (C=O) groups is 1. The summed E-state index contributed by atoms with van der Waals surface area (Å²) in [6, 6.07) is 0. The molecule has 1 aliphatic rings. The number of carboxylic acid groups (broad SMARTS) is 1. The zero-order valence-corrected chi connectivity index (χ0v) is 16.1. The van der Waals surface area contributed by atoms with Gasteiger partial charge in [0.2, 0.25) is 5.88 Å². The number of rotatable bonds is 9. The fourth-order valence-corrected chi connectivity index (χ4v) is 2.79. The van der Waals surface area contributed by atoms with E-state index in [1.54, 1.807) is 18.5 Å². The Balaban J connectivity index is 2.03. The van der Waals surface area contributed by atoms with Crippen molar-refractivity contribution in [3.8, 4) is 5.88 Å². The Kier molecular flexibility index (Phi) is 7.29. The minimum Gasteiger partial charge on any atom is -0.481 e. The van der Waals surface area contributed by atoms with Crippen LogP contribution in [0.5, 0.6) is 5.88 Å². The lowest BCUT2D eigenvalue weighted by molar-refractivity contribution is -0.138. The van der Waals surface area contributed by atoms with Gasteiger partial charge in [-0.05, 0) is 50.0 Å². The molecule has 0 radical (unpaired) electrons. The summed E-state index contributed by atoms with van der Waals surface area (Å²) >= 11 is 0. The molecule has 142 valence electrons. The molecule has 27 heavy (non-hydrogen) atoms. The van der Waals surface area contributed by atoms with Crippen molar-refractivity contribution in [1.82, 2.24) is 9.97 Å². The molecular formula is C22H26N2O3. The van der Waals surface area contributed by atoms with Crippen LogP contribution in [0.1, 0.15) is 38.8 Å². The molecule has 0 aliphatic heterocycles. The number of allylic oxidation sites excluding steroid dienone is 7. The molecule has 0 amide bonds. The number of carboxylic acids is 1. The van der Waals surface area contributed by atoms with Crippen molar-refractivity contribution in [3.05, 3.63) is 77.8 Å². The van der Waals surface area contributed by atoms with Gasteiger partial charge in [0.05, 0.1) is 24.0 Å². The van der Waals surface area contributed by atoms with Crippen LogP contribution in [0.3, 0.4) is 0 Å². The van der Waals surface area contributed by atoms with Gasteiger partial charge in [0, 0.05) is 5.92 Å². The highest BCUT2D eigenvalue weighted by atomic mass is 16.5. The first kappa shape index (κ1) is 20.4. The lowest BCUT2D eigenvalue weighted by Crippen LogP contribution is -2.04. The molecule has 5 nitrogen and oxygen atoms in total. The van der Waals surface area contributed by atoms with Crippen molar-refractivity contribution >= 4 is 5.97 Å². The van der Waals surface area contributed by atoms with Crippen LogP contribution in [0.2, 0.25) is 0 Å². The van der Waals surface area contributed by atoms with E-state index >= 15 is 0 Å². The molecule has 1 heterocycles. The van der Waals surface area contributed by atoms with Gasteiger partial charge in [-0.1, -0.05) is 37.0 Å². The van der Waals surface area contributed by atoms with E-state index in [0.29, 0.717) is 24.6 Å². The summed E-state index contributed by atoms with van der Waals surface area (Å²) in [5, 5.41) is 9.00. The van der Waals surface area contributed by atoms with Crippen molar-refractivity contribution in [2.75, 3.05) is 6.61 Å². The fraction of sp³-hybridized carbons (Fsp3) is 0.318. The first-order valence-corrected chi connectivity index (χ1v) is 8.97. The zero-order chi connectivity index (χ0) is 19.8.